The second kappa shape index (κ2) is 8.56. The van der Waals surface area contributed by atoms with Crippen LogP contribution in [0.5, 0.6) is 17.2 Å². The lowest BCUT2D eigenvalue weighted by molar-refractivity contribution is 0.125. The number of amides is 1. The van der Waals surface area contributed by atoms with E-state index in [9.17, 15) is 4.79 Å². The number of rotatable bonds is 7. The van der Waals surface area contributed by atoms with Crippen LogP contribution < -0.4 is 14.8 Å². The minimum atomic E-state index is -0.433. The molecule has 22 heavy (non-hydrogen) atoms. The van der Waals surface area contributed by atoms with Gasteiger partial charge in [-0.05, 0) is 43.3 Å². The molecule has 0 atom stereocenters. The first kappa shape index (κ1) is 15.7. The quantitative estimate of drug-likeness (QED) is 0.794. The van der Waals surface area contributed by atoms with E-state index < -0.39 is 6.09 Å². The lowest BCUT2D eigenvalue weighted by atomic mass is 10.3. The van der Waals surface area contributed by atoms with E-state index in [0.717, 1.165) is 11.5 Å². The highest BCUT2D eigenvalue weighted by atomic mass is 16.6. The van der Waals surface area contributed by atoms with Crippen molar-refractivity contribution in [2.24, 2.45) is 0 Å². The first-order chi connectivity index (χ1) is 10.8. The van der Waals surface area contributed by atoms with Crippen LogP contribution in [0.25, 0.3) is 0 Å². The zero-order valence-electron chi connectivity index (χ0n) is 12.5. The maximum absolute atomic E-state index is 11.1. The van der Waals surface area contributed by atoms with Gasteiger partial charge in [-0.25, -0.2) is 4.79 Å². The Bertz CT molecular complexity index is 569. The second-order valence-corrected chi connectivity index (χ2v) is 4.40. The lowest BCUT2D eigenvalue weighted by Gasteiger charge is -2.09. The molecule has 1 N–H and O–H groups in total. The molecule has 2 aromatic carbocycles. The molecule has 5 heteroatoms. The molecule has 0 heterocycles. The molecule has 5 nitrogen and oxygen atoms in total. The van der Waals surface area contributed by atoms with Crippen molar-refractivity contribution in [1.29, 1.82) is 0 Å². The molecule has 116 valence electrons. The zero-order chi connectivity index (χ0) is 15.6. The van der Waals surface area contributed by atoms with Gasteiger partial charge in [0.2, 0.25) is 0 Å². The molecule has 2 rings (SSSR count). The van der Waals surface area contributed by atoms with Gasteiger partial charge in [0, 0.05) is 6.54 Å². The Morgan fingerprint density at radius 2 is 1.55 bits per heavy atom. The Morgan fingerprint density at radius 1 is 0.909 bits per heavy atom. The van der Waals surface area contributed by atoms with Gasteiger partial charge in [-0.2, -0.15) is 0 Å². The minimum Gasteiger partial charge on any atom is -0.490 e. The number of carbonyl (C=O) groups is 1. The highest BCUT2D eigenvalue weighted by Gasteiger charge is 2.01. The van der Waals surface area contributed by atoms with Crippen LogP contribution in [0, 0.1) is 0 Å². The van der Waals surface area contributed by atoms with Crippen molar-refractivity contribution in [2.75, 3.05) is 19.8 Å². The van der Waals surface area contributed by atoms with Gasteiger partial charge in [-0.15, -0.1) is 0 Å². The summed E-state index contributed by atoms with van der Waals surface area (Å²) in [6, 6.07) is 16.8. The van der Waals surface area contributed by atoms with Crippen molar-refractivity contribution < 1.29 is 19.0 Å². The number of nitrogens with one attached hydrogen (secondary N) is 1. The van der Waals surface area contributed by atoms with Crippen LogP contribution in [0.1, 0.15) is 6.92 Å². The Labute approximate surface area is 129 Å². The molecule has 0 fully saturated rings. The van der Waals surface area contributed by atoms with Crippen LogP contribution in [0.15, 0.2) is 54.6 Å². The number of carbonyl (C=O) groups excluding carboxylic acids is 1. The van der Waals surface area contributed by atoms with Crippen molar-refractivity contribution in [3.63, 3.8) is 0 Å². The monoisotopic (exact) mass is 301 g/mol. The fourth-order valence-electron chi connectivity index (χ4n) is 1.72. The van der Waals surface area contributed by atoms with Gasteiger partial charge in [0.05, 0.1) is 0 Å². The minimum absolute atomic E-state index is 0.202. The molecule has 0 aliphatic heterocycles. The Morgan fingerprint density at radius 3 is 2.23 bits per heavy atom. The van der Waals surface area contributed by atoms with E-state index >= 15 is 0 Å². The van der Waals surface area contributed by atoms with Crippen LogP contribution in [0.4, 0.5) is 4.79 Å². The van der Waals surface area contributed by atoms with Crippen molar-refractivity contribution in [3.8, 4) is 17.2 Å². The molecular formula is C17H19NO4. The molecule has 0 saturated heterocycles. The first-order valence-electron chi connectivity index (χ1n) is 7.14. The van der Waals surface area contributed by atoms with Gasteiger partial charge in [-0.3, -0.25) is 0 Å². The molecular weight excluding hydrogens is 282 g/mol. The van der Waals surface area contributed by atoms with Crippen molar-refractivity contribution in [2.45, 2.75) is 6.92 Å². The average molecular weight is 301 g/mol. The third kappa shape index (κ3) is 5.36. The Balaban J connectivity index is 1.74. The molecule has 0 spiro atoms. The summed E-state index contributed by atoms with van der Waals surface area (Å²) >= 11 is 0. The van der Waals surface area contributed by atoms with Gasteiger partial charge in [-0.1, -0.05) is 18.2 Å². The van der Waals surface area contributed by atoms with Crippen molar-refractivity contribution >= 4 is 6.09 Å². The number of alkyl carbamates (subject to hydrolysis) is 1. The van der Waals surface area contributed by atoms with Crippen LogP contribution in [-0.2, 0) is 4.74 Å². The topological polar surface area (TPSA) is 56.8 Å². The number of benzene rings is 2. The summed E-state index contributed by atoms with van der Waals surface area (Å²) in [4.78, 5) is 11.1. The summed E-state index contributed by atoms with van der Waals surface area (Å²) in [5, 5.41) is 2.54. The number of ether oxygens (including phenoxy) is 3. The summed E-state index contributed by atoms with van der Waals surface area (Å²) in [7, 11) is 0. The predicted octanol–water partition coefficient (Wildman–Crippen LogP) is 3.60. The molecule has 0 aromatic heterocycles. The van der Waals surface area contributed by atoms with Crippen molar-refractivity contribution in [1.82, 2.24) is 5.32 Å². The van der Waals surface area contributed by atoms with Gasteiger partial charge < -0.3 is 19.5 Å². The van der Waals surface area contributed by atoms with Gasteiger partial charge in [0.1, 0.15) is 30.5 Å². The summed E-state index contributed by atoms with van der Waals surface area (Å²) < 4.78 is 16.1. The van der Waals surface area contributed by atoms with E-state index in [1.165, 1.54) is 0 Å². The van der Waals surface area contributed by atoms with Crippen molar-refractivity contribution in [3.05, 3.63) is 54.6 Å². The number of hydrogen-bond acceptors (Lipinski definition) is 4. The summed E-state index contributed by atoms with van der Waals surface area (Å²) in [6.07, 6.45) is -0.433. The number of para-hydroxylation sites is 1. The fraction of sp³-hybridized carbons (Fsp3) is 0.235. The van der Waals surface area contributed by atoms with E-state index in [4.69, 9.17) is 14.2 Å². The Hall–Kier alpha value is -2.69. The summed E-state index contributed by atoms with van der Waals surface area (Å²) in [6.45, 7) is 2.88. The number of hydrogen-bond donors (Lipinski definition) is 1. The standard InChI is InChI=1S/C17H19NO4/c1-2-18-17(19)21-13-12-20-14-8-10-16(11-9-14)22-15-6-4-3-5-7-15/h3-11H,2,12-13H2,1H3,(H,18,19). The van der Waals surface area contributed by atoms with E-state index in [-0.39, 0.29) is 6.61 Å². The molecule has 0 aliphatic rings. The molecule has 2 aromatic rings. The predicted molar refractivity (Wildman–Crippen MR) is 83.5 cm³/mol. The van der Waals surface area contributed by atoms with Crippen LogP contribution in [0.3, 0.4) is 0 Å². The first-order valence-corrected chi connectivity index (χ1v) is 7.14. The molecule has 1 amide bonds. The van der Waals surface area contributed by atoms with Crippen LogP contribution in [0.2, 0.25) is 0 Å². The fourth-order valence-corrected chi connectivity index (χ4v) is 1.72. The second-order valence-electron chi connectivity index (χ2n) is 4.40. The van der Waals surface area contributed by atoms with E-state index in [2.05, 4.69) is 5.32 Å². The highest BCUT2D eigenvalue weighted by Crippen LogP contribution is 2.23. The van der Waals surface area contributed by atoms with E-state index in [1.54, 1.807) is 0 Å². The largest absolute Gasteiger partial charge is 0.490 e. The van der Waals surface area contributed by atoms with Gasteiger partial charge in [0.25, 0.3) is 0 Å². The molecule has 0 bridgehead atoms. The lowest BCUT2D eigenvalue weighted by Crippen LogP contribution is -2.25. The third-order valence-electron chi connectivity index (χ3n) is 2.71. The van der Waals surface area contributed by atoms with Crippen LogP contribution in [-0.4, -0.2) is 25.9 Å². The van der Waals surface area contributed by atoms with Gasteiger partial charge in [0.15, 0.2) is 0 Å². The van der Waals surface area contributed by atoms with E-state index in [0.29, 0.717) is 18.9 Å². The maximum Gasteiger partial charge on any atom is 0.407 e. The SMILES string of the molecule is CCNC(=O)OCCOc1ccc(Oc2ccccc2)cc1. The smallest absolute Gasteiger partial charge is 0.407 e. The third-order valence-corrected chi connectivity index (χ3v) is 2.71. The molecule has 0 unspecified atom stereocenters. The van der Waals surface area contributed by atoms with Crippen LogP contribution >= 0.6 is 0 Å². The van der Waals surface area contributed by atoms with E-state index in [1.807, 2.05) is 61.5 Å². The van der Waals surface area contributed by atoms with Gasteiger partial charge >= 0.3 is 6.09 Å². The summed E-state index contributed by atoms with van der Waals surface area (Å²) in [5.41, 5.74) is 0. The average Bonchev–Trinajstić information content (AvgIpc) is 2.54. The Kier molecular flexibility index (Phi) is 6.11. The highest BCUT2D eigenvalue weighted by molar-refractivity contribution is 5.66. The maximum atomic E-state index is 11.1. The normalized spacial score (nSPS) is 9.86. The zero-order valence-corrected chi connectivity index (χ0v) is 12.5. The molecule has 0 aliphatic carbocycles. The summed E-state index contributed by atoms with van der Waals surface area (Å²) in [5.74, 6) is 2.21. The molecule has 0 saturated carbocycles. The molecule has 0 radical (unpaired) electrons.